The van der Waals surface area contributed by atoms with Crippen LogP contribution in [0.1, 0.15) is 38.2 Å². The molecule has 0 nitrogen and oxygen atoms in total. The second-order valence-electron chi connectivity index (χ2n) is 5.30. The monoisotopic (exact) mass is 458 g/mol. The third-order valence-corrected chi connectivity index (χ3v) is 6.03. The van der Waals surface area contributed by atoms with Crippen LogP contribution in [0.3, 0.4) is 0 Å². The SMILES string of the molecule is Cc1cc(C)c(C(Br)c2cc(Br)c(C)cc2Br)c(C)c1. The third kappa shape index (κ3) is 3.20. The minimum absolute atomic E-state index is 0.189. The number of hydrogen-bond acceptors (Lipinski definition) is 0. The third-order valence-electron chi connectivity index (χ3n) is 3.54. The lowest BCUT2D eigenvalue weighted by atomic mass is 9.94. The van der Waals surface area contributed by atoms with Crippen molar-refractivity contribution in [3.8, 4) is 0 Å². The molecule has 0 spiro atoms. The summed E-state index contributed by atoms with van der Waals surface area (Å²) >= 11 is 11.2. The molecule has 3 heteroatoms. The van der Waals surface area contributed by atoms with Crippen molar-refractivity contribution in [2.45, 2.75) is 32.5 Å². The van der Waals surface area contributed by atoms with Crippen molar-refractivity contribution < 1.29 is 0 Å². The first kappa shape index (κ1) is 16.3. The highest BCUT2D eigenvalue weighted by Crippen LogP contribution is 2.40. The summed E-state index contributed by atoms with van der Waals surface area (Å²) in [5.41, 5.74) is 7.80. The smallest absolute Gasteiger partial charge is 0.0661 e. The molecule has 2 aromatic rings. The number of benzene rings is 2. The molecule has 1 atom stereocenters. The Bertz CT molecular complexity index is 637. The topological polar surface area (TPSA) is 0 Å². The lowest BCUT2D eigenvalue weighted by molar-refractivity contribution is 1.09. The van der Waals surface area contributed by atoms with E-state index in [1.165, 1.54) is 33.4 Å². The highest BCUT2D eigenvalue weighted by atomic mass is 79.9. The molecule has 20 heavy (non-hydrogen) atoms. The summed E-state index contributed by atoms with van der Waals surface area (Å²) in [5, 5.41) is 0. The van der Waals surface area contributed by atoms with E-state index in [4.69, 9.17) is 0 Å². The van der Waals surface area contributed by atoms with Gasteiger partial charge >= 0.3 is 0 Å². The Morgan fingerprint density at radius 3 is 1.85 bits per heavy atom. The summed E-state index contributed by atoms with van der Waals surface area (Å²) < 4.78 is 2.28. The quantitative estimate of drug-likeness (QED) is 0.426. The minimum Gasteiger partial charge on any atom is -0.0786 e. The standard InChI is InChI=1S/C17H17Br3/c1-9-5-11(3)16(12(4)6-9)17(20)13-8-14(18)10(2)7-15(13)19/h5-8,17H,1-4H3. The van der Waals surface area contributed by atoms with E-state index in [0.29, 0.717) is 0 Å². The summed E-state index contributed by atoms with van der Waals surface area (Å²) in [6.07, 6.45) is 0. The average molecular weight is 461 g/mol. The molecule has 2 rings (SSSR count). The molecule has 0 aromatic heterocycles. The summed E-state index contributed by atoms with van der Waals surface area (Å²) in [4.78, 5) is 0.189. The van der Waals surface area contributed by atoms with Crippen molar-refractivity contribution in [2.24, 2.45) is 0 Å². The average Bonchev–Trinajstić information content (AvgIpc) is 2.32. The van der Waals surface area contributed by atoms with Gasteiger partial charge < -0.3 is 0 Å². The second kappa shape index (κ2) is 6.33. The maximum Gasteiger partial charge on any atom is 0.0661 e. The Morgan fingerprint density at radius 2 is 1.30 bits per heavy atom. The van der Waals surface area contributed by atoms with Crippen molar-refractivity contribution >= 4 is 47.8 Å². The van der Waals surface area contributed by atoms with E-state index in [-0.39, 0.29) is 4.83 Å². The normalized spacial score (nSPS) is 12.6. The van der Waals surface area contributed by atoms with Gasteiger partial charge in [0, 0.05) is 8.95 Å². The van der Waals surface area contributed by atoms with Crippen LogP contribution in [0.2, 0.25) is 0 Å². The van der Waals surface area contributed by atoms with Gasteiger partial charge in [-0.2, -0.15) is 0 Å². The van der Waals surface area contributed by atoms with E-state index in [2.05, 4.69) is 99.8 Å². The van der Waals surface area contributed by atoms with Gasteiger partial charge in [-0.25, -0.2) is 0 Å². The number of hydrogen-bond donors (Lipinski definition) is 0. The molecule has 106 valence electrons. The number of halogens is 3. The van der Waals surface area contributed by atoms with Crippen molar-refractivity contribution in [2.75, 3.05) is 0 Å². The molecule has 0 aliphatic rings. The molecule has 0 aliphatic carbocycles. The van der Waals surface area contributed by atoms with Crippen molar-refractivity contribution in [1.82, 2.24) is 0 Å². The lowest BCUT2D eigenvalue weighted by Crippen LogP contribution is -2.01. The van der Waals surface area contributed by atoms with E-state index in [1.807, 2.05) is 0 Å². The molecule has 0 N–H and O–H groups in total. The Labute approximate surface area is 146 Å². The van der Waals surface area contributed by atoms with E-state index in [1.54, 1.807) is 0 Å². The van der Waals surface area contributed by atoms with Gasteiger partial charge in [0.05, 0.1) is 4.83 Å². The Hall–Kier alpha value is -0.120. The van der Waals surface area contributed by atoms with E-state index >= 15 is 0 Å². The van der Waals surface area contributed by atoms with Crippen LogP contribution in [0.4, 0.5) is 0 Å². The van der Waals surface area contributed by atoms with E-state index in [0.717, 1.165) is 8.95 Å². The highest BCUT2D eigenvalue weighted by molar-refractivity contribution is 9.11. The van der Waals surface area contributed by atoms with Crippen LogP contribution in [-0.4, -0.2) is 0 Å². The largest absolute Gasteiger partial charge is 0.0786 e. The van der Waals surface area contributed by atoms with Gasteiger partial charge in [-0.1, -0.05) is 65.5 Å². The predicted molar refractivity (Wildman–Crippen MR) is 98.0 cm³/mol. The maximum atomic E-state index is 3.88. The molecule has 0 aliphatic heterocycles. The van der Waals surface area contributed by atoms with Gasteiger partial charge in [-0.3, -0.25) is 0 Å². The molecule has 0 radical (unpaired) electrons. The molecule has 2 aromatic carbocycles. The second-order valence-corrected chi connectivity index (χ2v) is 7.92. The summed E-state index contributed by atoms with van der Waals surface area (Å²) in [5.74, 6) is 0. The van der Waals surface area contributed by atoms with Crippen LogP contribution in [0.25, 0.3) is 0 Å². The molecular formula is C17H17Br3. The van der Waals surface area contributed by atoms with Crippen LogP contribution in [0.5, 0.6) is 0 Å². The molecular weight excluding hydrogens is 444 g/mol. The summed E-state index contributed by atoms with van der Waals surface area (Å²) in [6, 6.07) is 8.84. The molecule has 0 fully saturated rings. The first-order chi connectivity index (χ1) is 9.31. The number of rotatable bonds is 2. The van der Waals surface area contributed by atoms with Crippen molar-refractivity contribution in [3.63, 3.8) is 0 Å². The van der Waals surface area contributed by atoms with Crippen LogP contribution in [0.15, 0.2) is 33.2 Å². The summed E-state index contributed by atoms with van der Waals surface area (Å²) in [7, 11) is 0. The zero-order chi connectivity index (χ0) is 15.0. The fourth-order valence-corrected chi connectivity index (χ4v) is 5.06. The summed E-state index contributed by atoms with van der Waals surface area (Å²) in [6.45, 7) is 8.61. The first-order valence-electron chi connectivity index (χ1n) is 6.48. The van der Waals surface area contributed by atoms with Gasteiger partial charge in [-0.15, -0.1) is 0 Å². The number of aryl methyl sites for hydroxylation is 4. The zero-order valence-electron chi connectivity index (χ0n) is 12.0. The molecule has 0 saturated heterocycles. The highest BCUT2D eigenvalue weighted by Gasteiger charge is 2.19. The molecule has 0 bridgehead atoms. The van der Waals surface area contributed by atoms with Gasteiger partial charge in [-0.05, 0) is 67.6 Å². The molecule has 0 heterocycles. The predicted octanol–water partition coefficient (Wildman–Crippen LogP) is 6.93. The molecule has 1 unspecified atom stereocenters. The van der Waals surface area contributed by atoms with Crippen LogP contribution in [0, 0.1) is 27.7 Å². The van der Waals surface area contributed by atoms with E-state index in [9.17, 15) is 0 Å². The van der Waals surface area contributed by atoms with Gasteiger partial charge in [0.25, 0.3) is 0 Å². The zero-order valence-corrected chi connectivity index (χ0v) is 16.8. The van der Waals surface area contributed by atoms with Crippen LogP contribution in [-0.2, 0) is 0 Å². The maximum absolute atomic E-state index is 3.88. The van der Waals surface area contributed by atoms with Gasteiger partial charge in [0.15, 0.2) is 0 Å². The van der Waals surface area contributed by atoms with Crippen LogP contribution < -0.4 is 0 Å². The molecule has 0 saturated carbocycles. The Kier molecular flexibility index (Phi) is 5.14. The van der Waals surface area contributed by atoms with Crippen molar-refractivity contribution in [3.05, 3.63) is 66.6 Å². The van der Waals surface area contributed by atoms with Gasteiger partial charge in [0.2, 0.25) is 0 Å². The lowest BCUT2D eigenvalue weighted by Gasteiger charge is -2.19. The fraction of sp³-hybridized carbons (Fsp3) is 0.294. The van der Waals surface area contributed by atoms with Crippen LogP contribution >= 0.6 is 47.8 Å². The Balaban J connectivity index is 2.57. The Morgan fingerprint density at radius 1 is 0.750 bits per heavy atom. The molecule has 0 amide bonds. The first-order valence-corrected chi connectivity index (χ1v) is 8.98. The van der Waals surface area contributed by atoms with Gasteiger partial charge in [0.1, 0.15) is 0 Å². The fourth-order valence-electron chi connectivity index (χ4n) is 2.60. The minimum atomic E-state index is 0.189. The van der Waals surface area contributed by atoms with Crippen molar-refractivity contribution in [1.29, 1.82) is 0 Å². The van der Waals surface area contributed by atoms with E-state index < -0.39 is 0 Å². The number of alkyl halides is 1.